The molecule has 4 nitrogen and oxygen atoms in total. The highest BCUT2D eigenvalue weighted by Crippen LogP contribution is 2.38. The number of alkyl halides is 6. The first-order valence-electron chi connectivity index (χ1n) is 8.31. The summed E-state index contributed by atoms with van der Waals surface area (Å²) in [5, 5.41) is 2.49. The molecule has 0 heterocycles. The van der Waals surface area contributed by atoms with Gasteiger partial charge in [0, 0.05) is 26.3 Å². The lowest BCUT2D eigenvalue weighted by atomic mass is 10.1. The van der Waals surface area contributed by atoms with Crippen LogP contribution in [0, 0.1) is 0 Å². The number of carbonyl (C=O) groups excluding carboxylic acids is 1. The van der Waals surface area contributed by atoms with Crippen molar-refractivity contribution in [3.05, 3.63) is 59.2 Å². The van der Waals surface area contributed by atoms with Gasteiger partial charge in [0.05, 0.1) is 11.1 Å². The van der Waals surface area contributed by atoms with Crippen molar-refractivity contribution in [1.82, 2.24) is 5.32 Å². The fraction of sp³-hybridized carbons (Fsp3) is 0.316. The second-order valence-corrected chi connectivity index (χ2v) is 6.37. The van der Waals surface area contributed by atoms with Crippen LogP contribution in [0.2, 0.25) is 0 Å². The Balaban J connectivity index is 2.00. The number of hydrogen-bond donors (Lipinski definition) is 1. The molecule has 29 heavy (non-hydrogen) atoms. The van der Waals surface area contributed by atoms with Gasteiger partial charge >= 0.3 is 12.4 Å². The molecule has 0 atom stereocenters. The van der Waals surface area contributed by atoms with E-state index in [9.17, 15) is 31.1 Å². The third kappa shape index (κ3) is 6.58. The van der Waals surface area contributed by atoms with Gasteiger partial charge in [0.15, 0.2) is 6.61 Å². The third-order valence-corrected chi connectivity index (χ3v) is 3.87. The van der Waals surface area contributed by atoms with Gasteiger partial charge in [0.1, 0.15) is 5.75 Å². The number of halogens is 6. The number of anilines is 1. The Morgan fingerprint density at radius 1 is 0.931 bits per heavy atom. The van der Waals surface area contributed by atoms with Gasteiger partial charge in [-0.3, -0.25) is 4.79 Å². The Morgan fingerprint density at radius 2 is 1.45 bits per heavy atom. The summed E-state index contributed by atoms with van der Waals surface area (Å²) in [7, 11) is 3.73. The van der Waals surface area contributed by atoms with E-state index in [1.54, 1.807) is 12.1 Å². The van der Waals surface area contributed by atoms with Crippen LogP contribution in [0.3, 0.4) is 0 Å². The summed E-state index contributed by atoms with van der Waals surface area (Å²) in [6, 6.07) is 8.05. The molecule has 2 aromatic rings. The Kier molecular flexibility index (Phi) is 6.66. The summed E-state index contributed by atoms with van der Waals surface area (Å²) in [5.41, 5.74) is -1.30. The summed E-state index contributed by atoms with van der Waals surface area (Å²) >= 11 is 0. The maximum Gasteiger partial charge on any atom is 0.416 e. The first-order valence-corrected chi connectivity index (χ1v) is 8.31. The van der Waals surface area contributed by atoms with Crippen LogP contribution in [0.5, 0.6) is 5.75 Å². The number of benzene rings is 2. The van der Waals surface area contributed by atoms with Gasteiger partial charge in [-0.25, -0.2) is 0 Å². The quantitative estimate of drug-likeness (QED) is 0.701. The average Bonchev–Trinajstić information content (AvgIpc) is 2.63. The summed E-state index contributed by atoms with van der Waals surface area (Å²) < 4.78 is 81.8. The number of amides is 1. The van der Waals surface area contributed by atoms with Gasteiger partial charge in [-0.2, -0.15) is 26.3 Å². The highest BCUT2D eigenvalue weighted by atomic mass is 19.4. The minimum Gasteiger partial charge on any atom is -0.484 e. The fourth-order valence-corrected chi connectivity index (χ4v) is 2.32. The van der Waals surface area contributed by atoms with Gasteiger partial charge in [0.25, 0.3) is 5.91 Å². The van der Waals surface area contributed by atoms with Gasteiger partial charge in [0.2, 0.25) is 0 Å². The zero-order valence-electron chi connectivity index (χ0n) is 15.5. The van der Waals surface area contributed by atoms with Gasteiger partial charge in [-0.05, 0) is 35.9 Å². The molecule has 1 N–H and O–H groups in total. The number of hydrogen-bond acceptors (Lipinski definition) is 3. The highest BCUT2D eigenvalue weighted by molar-refractivity contribution is 5.77. The number of nitrogens with zero attached hydrogens (tertiary/aromatic N) is 1. The van der Waals surface area contributed by atoms with E-state index in [-0.39, 0.29) is 12.6 Å². The number of rotatable bonds is 6. The zero-order valence-corrected chi connectivity index (χ0v) is 15.5. The first-order chi connectivity index (χ1) is 13.4. The maximum atomic E-state index is 12.8. The standard InChI is InChI=1S/C19H18F6N2O2/c1-27(2)15-5-3-12(4-6-15)10-26-17(28)11-29-16-8-13(18(20,21)22)7-14(9-16)19(23,24)25/h3-9H,10-11H2,1-2H3,(H,26,28). The molecule has 0 saturated carbocycles. The molecule has 0 aliphatic rings. The van der Waals surface area contributed by atoms with E-state index in [1.807, 2.05) is 31.1 Å². The molecule has 0 radical (unpaired) electrons. The van der Waals surface area contributed by atoms with Crippen molar-refractivity contribution in [2.24, 2.45) is 0 Å². The molecule has 0 spiro atoms. The highest BCUT2D eigenvalue weighted by Gasteiger charge is 2.37. The molecule has 1 amide bonds. The lowest BCUT2D eigenvalue weighted by Gasteiger charge is -2.15. The molecule has 0 aliphatic heterocycles. The van der Waals surface area contributed by atoms with Crippen molar-refractivity contribution in [2.75, 3.05) is 25.6 Å². The Bertz CT molecular complexity index is 813. The van der Waals surface area contributed by atoms with E-state index in [1.165, 1.54) is 0 Å². The van der Waals surface area contributed by atoms with Crippen LogP contribution in [-0.4, -0.2) is 26.6 Å². The van der Waals surface area contributed by atoms with E-state index in [4.69, 9.17) is 4.74 Å². The van der Waals surface area contributed by atoms with Crippen LogP contribution in [0.4, 0.5) is 32.0 Å². The zero-order chi connectivity index (χ0) is 21.8. The molecular weight excluding hydrogens is 402 g/mol. The molecule has 0 saturated heterocycles. The van der Waals surface area contributed by atoms with Gasteiger partial charge in [-0.15, -0.1) is 0 Å². The van der Waals surface area contributed by atoms with Crippen LogP contribution in [0.1, 0.15) is 16.7 Å². The Labute approximate surface area is 163 Å². The summed E-state index contributed by atoms with van der Waals surface area (Å²) in [6.07, 6.45) is -9.97. The number of ether oxygens (including phenoxy) is 1. The predicted molar refractivity (Wildman–Crippen MR) is 94.6 cm³/mol. The molecule has 2 aromatic carbocycles. The molecule has 0 unspecified atom stereocenters. The smallest absolute Gasteiger partial charge is 0.416 e. The minimum absolute atomic E-state index is 0.00960. The lowest BCUT2D eigenvalue weighted by molar-refractivity contribution is -0.143. The normalized spacial score (nSPS) is 11.9. The van der Waals surface area contributed by atoms with Crippen molar-refractivity contribution >= 4 is 11.6 Å². The topological polar surface area (TPSA) is 41.6 Å². The maximum absolute atomic E-state index is 12.8. The summed E-state index contributed by atoms with van der Waals surface area (Å²) in [6.45, 7) is -0.597. The predicted octanol–water partition coefficient (Wildman–Crippen LogP) is 4.49. The van der Waals surface area contributed by atoms with Crippen molar-refractivity contribution in [3.63, 3.8) is 0 Å². The molecule has 2 rings (SSSR count). The van der Waals surface area contributed by atoms with Crippen LogP contribution in [0.15, 0.2) is 42.5 Å². The largest absolute Gasteiger partial charge is 0.484 e. The van der Waals surface area contributed by atoms with E-state index in [0.717, 1.165) is 11.3 Å². The molecule has 158 valence electrons. The second-order valence-electron chi connectivity index (χ2n) is 6.37. The van der Waals surface area contributed by atoms with E-state index in [2.05, 4.69) is 5.32 Å². The number of nitrogens with one attached hydrogen (secondary N) is 1. The molecule has 0 bridgehead atoms. The lowest BCUT2D eigenvalue weighted by Crippen LogP contribution is -2.28. The Morgan fingerprint density at radius 3 is 1.90 bits per heavy atom. The second kappa shape index (κ2) is 8.62. The molecule has 0 aromatic heterocycles. The molecular formula is C19H18F6N2O2. The van der Waals surface area contributed by atoms with Crippen LogP contribution in [0.25, 0.3) is 0 Å². The van der Waals surface area contributed by atoms with Crippen LogP contribution < -0.4 is 15.0 Å². The minimum atomic E-state index is -4.99. The van der Waals surface area contributed by atoms with E-state index < -0.39 is 41.7 Å². The van der Waals surface area contributed by atoms with Gasteiger partial charge < -0.3 is 15.0 Å². The van der Waals surface area contributed by atoms with Gasteiger partial charge in [-0.1, -0.05) is 12.1 Å². The average molecular weight is 420 g/mol. The molecule has 0 fully saturated rings. The van der Waals surface area contributed by atoms with Crippen molar-refractivity contribution in [2.45, 2.75) is 18.9 Å². The van der Waals surface area contributed by atoms with Crippen molar-refractivity contribution in [1.29, 1.82) is 0 Å². The summed E-state index contributed by atoms with van der Waals surface area (Å²) in [4.78, 5) is 13.7. The van der Waals surface area contributed by atoms with Crippen molar-refractivity contribution < 1.29 is 35.9 Å². The van der Waals surface area contributed by atoms with Crippen molar-refractivity contribution in [3.8, 4) is 5.75 Å². The van der Waals surface area contributed by atoms with E-state index in [0.29, 0.717) is 12.1 Å². The third-order valence-electron chi connectivity index (χ3n) is 3.87. The van der Waals surface area contributed by atoms with Crippen LogP contribution in [-0.2, 0) is 23.7 Å². The summed E-state index contributed by atoms with van der Waals surface area (Å²) in [5.74, 6) is -1.38. The number of carbonyl (C=O) groups is 1. The SMILES string of the molecule is CN(C)c1ccc(CNC(=O)COc2cc(C(F)(F)F)cc(C(F)(F)F)c2)cc1. The van der Waals surface area contributed by atoms with E-state index >= 15 is 0 Å². The molecule has 0 aliphatic carbocycles. The van der Waals surface area contributed by atoms with Crippen LogP contribution >= 0.6 is 0 Å². The fourth-order valence-electron chi connectivity index (χ4n) is 2.32. The molecule has 10 heteroatoms. The first kappa shape index (κ1) is 22.4. The monoisotopic (exact) mass is 420 g/mol. The Hall–Kier alpha value is -2.91.